The number of hydrogen-bond donors (Lipinski definition) is 2. The van der Waals surface area contributed by atoms with E-state index in [-0.39, 0.29) is 25.2 Å². The molecule has 0 radical (unpaired) electrons. The molecule has 5 heteroatoms. The quantitative estimate of drug-likeness (QED) is 0.510. The van der Waals surface area contributed by atoms with Gasteiger partial charge in [0.05, 0.1) is 12.0 Å². The minimum atomic E-state index is -2.23. The fraction of sp³-hybridized carbons (Fsp3) is 0.667. The van der Waals surface area contributed by atoms with Gasteiger partial charge in [0.1, 0.15) is 5.92 Å². The molecule has 26 heavy (non-hydrogen) atoms. The highest BCUT2D eigenvalue weighted by atomic mass is 16.4. The Bertz CT molecular complexity index is 620. The van der Waals surface area contributed by atoms with Crippen LogP contribution in [0.5, 0.6) is 0 Å². The van der Waals surface area contributed by atoms with E-state index in [0.717, 1.165) is 11.1 Å². The first-order valence-corrected chi connectivity index (χ1v) is 9.20. The van der Waals surface area contributed by atoms with Gasteiger partial charge in [0.25, 0.3) is 0 Å². The molecule has 0 amide bonds. The van der Waals surface area contributed by atoms with Crippen molar-refractivity contribution in [2.24, 2.45) is 17.8 Å². The SMILES string of the molecule is CC(C)=CC[C@@H]1C(=O)C(C(=O)CC(C)C)C(=O)[C@@]1(O)[C@@H](O)CC=C(C)C. The summed E-state index contributed by atoms with van der Waals surface area (Å²) in [6.07, 6.45) is 2.30. The molecule has 1 fully saturated rings. The fourth-order valence-electron chi connectivity index (χ4n) is 3.35. The van der Waals surface area contributed by atoms with Gasteiger partial charge < -0.3 is 10.2 Å². The first-order valence-electron chi connectivity index (χ1n) is 9.20. The molecule has 1 aliphatic rings. The number of ketones is 3. The van der Waals surface area contributed by atoms with Gasteiger partial charge >= 0.3 is 0 Å². The number of aliphatic hydroxyl groups excluding tert-OH is 1. The number of carbonyl (C=O) groups excluding carboxylic acids is 3. The number of aliphatic hydroxyl groups is 2. The van der Waals surface area contributed by atoms with Crippen LogP contribution < -0.4 is 0 Å². The van der Waals surface area contributed by atoms with E-state index >= 15 is 0 Å². The molecule has 0 aromatic heterocycles. The maximum atomic E-state index is 12.9. The van der Waals surface area contributed by atoms with Crippen molar-refractivity contribution in [2.45, 2.75) is 72.5 Å². The Hall–Kier alpha value is -1.59. The number of Topliss-reactive ketones (excluding diaryl/α,β-unsaturated/α-hetero) is 3. The lowest BCUT2D eigenvalue weighted by molar-refractivity contribution is -0.155. The molecule has 1 rings (SSSR count). The molecule has 2 N–H and O–H groups in total. The molecule has 0 bridgehead atoms. The second-order valence-electron chi connectivity index (χ2n) is 8.19. The highest BCUT2D eigenvalue weighted by Crippen LogP contribution is 2.41. The molecule has 0 saturated heterocycles. The summed E-state index contributed by atoms with van der Waals surface area (Å²) in [5.74, 6) is -4.47. The van der Waals surface area contributed by atoms with Crippen LogP contribution in [0.1, 0.15) is 60.8 Å². The van der Waals surface area contributed by atoms with Gasteiger partial charge in [0.15, 0.2) is 23.0 Å². The van der Waals surface area contributed by atoms with Crippen LogP contribution in [-0.4, -0.2) is 39.3 Å². The van der Waals surface area contributed by atoms with Gasteiger partial charge in [-0.2, -0.15) is 0 Å². The Morgan fingerprint density at radius 2 is 1.65 bits per heavy atom. The monoisotopic (exact) mass is 364 g/mol. The van der Waals surface area contributed by atoms with Gasteiger partial charge in [-0.3, -0.25) is 14.4 Å². The van der Waals surface area contributed by atoms with Gasteiger partial charge in [-0.25, -0.2) is 0 Å². The third-order valence-electron chi connectivity index (χ3n) is 4.77. The summed E-state index contributed by atoms with van der Waals surface area (Å²) in [5.41, 5.74) is -0.368. The zero-order valence-electron chi connectivity index (χ0n) is 16.7. The lowest BCUT2D eigenvalue weighted by Gasteiger charge is -2.31. The normalized spacial score (nSPS) is 26.8. The van der Waals surface area contributed by atoms with E-state index in [2.05, 4.69) is 0 Å². The van der Waals surface area contributed by atoms with E-state index in [1.165, 1.54) is 0 Å². The third kappa shape index (κ3) is 4.77. The zero-order valence-corrected chi connectivity index (χ0v) is 16.7. The number of carbonyl (C=O) groups is 3. The van der Waals surface area contributed by atoms with Crippen molar-refractivity contribution in [3.63, 3.8) is 0 Å². The van der Waals surface area contributed by atoms with Crippen LogP contribution in [-0.2, 0) is 14.4 Å². The molecule has 146 valence electrons. The number of rotatable bonds is 8. The molecule has 1 unspecified atom stereocenters. The summed E-state index contributed by atoms with van der Waals surface area (Å²) in [6, 6.07) is 0. The van der Waals surface area contributed by atoms with Crippen LogP contribution in [0.4, 0.5) is 0 Å². The zero-order chi connectivity index (χ0) is 20.2. The largest absolute Gasteiger partial charge is 0.389 e. The first-order chi connectivity index (χ1) is 11.9. The highest BCUT2D eigenvalue weighted by molar-refractivity contribution is 6.27. The average Bonchev–Trinajstić information content (AvgIpc) is 2.69. The van der Waals surface area contributed by atoms with Crippen LogP contribution in [0.25, 0.3) is 0 Å². The Kier molecular flexibility index (Phi) is 7.66. The summed E-state index contributed by atoms with van der Waals surface area (Å²) in [7, 11) is 0. The van der Waals surface area contributed by atoms with Crippen molar-refractivity contribution in [2.75, 3.05) is 0 Å². The van der Waals surface area contributed by atoms with Crippen molar-refractivity contribution in [3.8, 4) is 0 Å². The summed E-state index contributed by atoms with van der Waals surface area (Å²) in [4.78, 5) is 38.2. The van der Waals surface area contributed by atoms with E-state index < -0.39 is 40.9 Å². The molecule has 0 aliphatic heterocycles. The van der Waals surface area contributed by atoms with E-state index in [0.29, 0.717) is 0 Å². The highest BCUT2D eigenvalue weighted by Gasteiger charge is 2.63. The van der Waals surface area contributed by atoms with Gasteiger partial charge in [-0.05, 0) is 46.5 Å². The maximum Gasteiger partial charge on any atom is 0.185 e. The molecule has 4 atom stereocenters. The van der Waals surface area contributed by atoms with Crippen molar-refractivity contribution < 1.29 is 24.6 Å². The predicted molar refractivity (Wildman–Crippen MR) is 101 cm³/mol. The topological polar surface area (TPSA) is 91.7 Å². The smallest absolute Gasteiger partial charge is 0.185 e. The van der Waals surface area contributed by atoms with Crippen molar-refractivity contribution in [1.29, 1.82) is 0 Å². The first kappa shape index (κ1) is 22.5. The average molecular weight is 364 g/mol. The lowest BCUT2D eigenvalue weighted by Crippen LogP contribution is -2.52. The number of allylic oxidation sites excluding steroid dienone is 3. The molecule has 0 spiro atoms. The maximum absolute atomic E-state index is 12.9. The van der Waals surface area contributed by atoms with Crippen LogP contribution in [0.3, 0.4) is 0 Å². The third-order valence-corrected chi connectivity index (χ3v) is 4.77. The van der Waals surface area contributed by atoms with Crippen LogP contribution in [0.15, 0.2) is 23.3 Å². The molecule has 1 aliphatic carbocycles. The van der Waals surface area contributed by atoms with Gasteiger partial charge in [0.2, 0.25) is 0 Å². The van der Waals surface area contributed by atoms with E-state index in [4.69, 9.17) is 0 Å². The van der Waals surface area contributed by atoms with Gasteiger partial charge in [0, 0.05) is 6.42 Å². The predicted octanol–water partition coefficient (Wildman–Crippen LogP) is 2.79. The molecular weight excluding hydrogens is 332 g/mol. The Morgan fingerprint density at radius 3 is 2.12 bits per heavy atom. The molecule has 5 nitrogen and oxygen atoms in total. The van der Waals surface area contributed by atoms with Crippen molar-refractivity contribution >= 4 is 17.3 Å². The lowest BCUT2D eigenvalue weighted by atomic mass is 9.80. The molecule has 1 saturated carbocycles. The standard InChI is InChI=1S/C21H32O5/c1-12(2)7-9-15-19(24)18(16(22)11-14(5)6)20(25)21(15,26)17(23)10-8-13(3)4/h7-8,14-15,17-18,23,26H,9-11H2,1-6H3/t15-,17+,18?,21+/m1/s1. The Balaban J connectivity index is 3.30. The minimum Gasteiger partial charge on any atom is -0.389 e. The fourth-order valence-corrected chi connectivity index (χ4v) is 3.35. The summed E-state index contributed by atoms with van der Waals surface area (Å²) < 4.78 is 0. The second kappa shape index (κ2) is 8.87. The van der Waals surface area contributed by atoms with E-state index in [9.17, 15) is 24.6 Å². The summed E-state index contributed by atoms with van der Waals surface area (Å²) in [6.45, 7) is 11.0. The Morgan fingerprint density at radius 1 is 1.12 bits per heavy atom. The minimum absolute atomic E-state index is 0.00335. The number of hydrogen-bond acceptors (Lipinski definition) is 5. The summed E-state index contributed by atoms with van der Waals surface area (Å²) in [5, 5.41) is 21.7. The summed E-state index contributed by atoms with van der Waals surface area (Å²) >= 11 is 0. The van der Waals surface area contributed by atoms with E-state index in [1.807, 2.05) is 41.5 Å². The van der Waals surface area contributed by atoms with Gasteiger partial charge in [-0.15, -0.1) is 0 Å². The molecule has 0 heterocycles. The molecule has 0 aromatic carbocycles. The molecular formula is C21H32O5. The van der Waals surface area contributed by atoms with Gasteiger partial charge in [-0.1, -0.05) is 37.1 Å². The molecule has 0 aromatic rings. The van der Waals surface area contributed by atoms with Crippen LogP contribution in [0.2, 0.25) is 0 Å². The Labute approximate surface area is 156 Å². The van der Waals surface area contributed by atoms with Crippen LogP contribution >= 0.6 is 0 Å². The van der Waals surface area contributed by atoms with E-state index in [1.54, 1.807) is 12.2 Å². The van der Waals surface area contributed by atoms with Crippen LogP contribution in [0, 0.1) is 17.8 Å². The second-order valence-corrected chi connectivity index (χ2v) is 8.19. The van der Waals surface area contributed by atoms with Crippen molar-refractivity contribution in [3.05, 3.63) is 23.3 Å². The van der Waals surface area contributed by atoms with Crippen molar-refractivity contribution in [1.82, 2.24) is 0 Å².